The van der Waals surface area contributed by atoms with Crippen LogP contribution < -0.4 is 0 Å². The number of nitrogens with zero attached hydrogens (tertiary/aromatic N) is 3. The Morgan fingerprint density at radius 3 is 2.80 bits per heavy atom. The van der Waals surface area contributed by atoms with Crippen molar-refractivity contribution in [1.82, 2.24) is 9.55 Å². The number of carbonyl (C=O) groups is 1. The molecule has 1 aromatic carbocycles. The van der Waals surface area contributed by atoms with E-state index >= 15 is 0 Å². The van der Waals surface area contributed by atoms with E-state index in [9.17, 15) is 14.9 Å². The van der Waals surface area contributed by atoms with E-state index in [1.807, 2.05) is 12.1 Å². The largest absolute Gasteiger partial charge is 0.443 e. The molecule has 7 nitrogen and oxygen atoms in total. The zero-order chi connectivity index (χ0) is 18.2. The van der Waals surface area contributed by atoms with Crippen molar-refractivity contribution in [2.24, 2.45) is 0 Å². The van der Waals surface area contributed by atoms with Crippen molar-refractivity contribution in [2.75, 3.05) is 0 Å². The van der Waals surface area contributed by atoms with Crippen LogP contribution >= 0.6 is 0 Å². The number of benzene rings is 1. The average Bonchev–Trinajstić information content (AvgIpc) is 3.02. The Morgan fingerprint density at radius 2 is 2.12 bits per heavy atom. The summed E-state index contributed by atoms with van der Waals surface area (Å²) in [7, 11) is 0. The first kappa shape index (κ1) is 16.9. The van der Waals surface area contributed by atoms with Crippen LogP contribution in [0.1, 0.15) is 44.0 Å². The number of nitro groups is 1. The molecule has 0 radical (unpaired) electrons. The molecule has 0 saturated carbocycles. The summed E-state index contributed by atoms with van der Waals surface area (Å²) in [4.78, 5) is 27.3. The third-order valence-electron chi connectivity index (χ3n) is 3.84. The fraction of sp³-hybridized carbons (Fsp3) is 0.333. The second kappa shape index (κ2) is 6.16. The lowest BCUT2D eigenvalue weighted by Crippen LogP contribution is -2.26. The Hall–Kier alpha value is -2.96. The Morgan fingerprint density at radius 1 is 1.36 bits per heavy atom. The van der Waals surface area contributed by atoms with Gasteiger partial charge in [-0.1, -0.05) is 18.2 Å². The summed E-state index contributed by atoms with van der Waals surface area (Å²) in [5.74, 6) is 0. The fourth-order valence-corrected chi connectivity index (χ4v) is 2.85. The number of carbonyl (C=O) groups excluding carboxylic acids is 1. The lowest BCUT2D eigenvalue weighted by molar-refractivity contribution is -0.385. The predicted octanol–water partition coefficient (Wildman–Crippen LogP) is 3.95. The van der Waals surface area contributed by atoms with E-state index in [0.29, 0.717) is 24.1 Å². The maximum Gasteiger partial charge on any atom is 0.419 e. The molecule has 0 bridgehead atoms. The first-order chi connectivity index (χ1) is 11.8. The maximum atomic E-state index is 12.1. The van der Waals surface area contributed by atoms with Gasteiger partial charge in [-0.05, 0) is 39.2 Å². The molecule has 0 spiro atoms. The molecule has 1 heterocycles. The lowest BCUT2D eigenvalue weighted by atomic mass is 9.88. The van der Waals surface area contributed by atoms with Crippen molar-refractivity contribution in [2.45, 2.75) is 39.2 Å². The molecular formula is C18H19N3O4. The number of allylic oxidation sites excluding steroid dienone is 1. The molecule has 130 valence electrons. The van der Waals surface area contributed by atoms with Crippen LogP contribution in [0.5, 0.6) is 0 Å². The van der Waals surface area contributed by atoms with Gasteiger partial charge in [-0.2, -0.15) is 0 Å². The van der Waals surface area contributed by atoms with Crippen LogP contribution in [-0.4, -0.2) is 26.2 Å². The van der Waals surface area contributed by atoms with Gasteiger partial charge in [0.25, 0.3) is 5.69 Å². The van der Waals surface area contributed by atoms with Gasteiger partial charge in [0.2, 0.25) is 0 Å². The molecule has 0 N–H and O–H groups in total. The summed E-state index contributed by atoms with van der Waals surface area (Å²) in [5.41, 5.74) is 2.40. The number of aromatic nitrogens is 2. The molecule has 0 aliphatic heterocycles. The van der Waals surface area contributed by atoms with Gasteiger partial charge in [-0.3, -0.25) is 10.1 Å². The predicted molar refractivity (Wildman–Crippen MR) is 92.4 cm³/mol. The summed E-state index contributed by atoms with van der Waals surface area (Å²) in [6.07, 6.45) is 5.77. The normalized spacial score (nSPS) is 13.8. The highest BCUT2D eigenvalue weighted by molar-refractivity contribution is 5.83. The van der Waals surface area contributed by atoms with Crippen molar-refractivity contribution in [1.29, 1.82) is 0 Å². The number of nitro benzene ring substituents is 1. The summed E-state index contributed by atoms with van der Waals surface area (Å²) < 4.78 is 6.60. The molecule has 1 aliphatic carbocycles. The minimum atomic E-state index is -0.598. The third-order valence-corrected chi connectivity index (χ3v) is 3.84. The number of ether oxygens (including phenoxy) is 1. The van der Waals surface area contributed by atoms with Crippen LogP contribution in [0.3, 0.4) is 0 Å². The molecule has 7 heteroatoms. The number of imidazole rings is 1. The van der Waals surface area contributed by atoms with E-state index < -0.39 is 11.7 Å². The third kappa shape index (κ3) is 3.45. The van der Waals surface area contributed by atoms with Crippen molar-refractivity contribution in [3.63, 3.8) is 0 Å². The summed E-state index contributed by atoms with van der Waals surface area (Å²) in [5, 5.41) is 11.2. The van der Waals surface area contributed by atoms with Crippen LogP contribution in [0.15, 0.2) is 36.8 Å². The van der Waals surface area contributed by atoms with E-state index in [1.54, 1.807) is 33.0 Å². The standard InChI is InChI=1S/C18H19N3O4/c1-18(2,3)25-17(22)20-10-15(19-11-20)13-7-4-8-14-12(13)6-5-9-16(14)21(23)24/h5-7,9-11H,4,8H2,1-3H3. The van der Waals surface area contributed by atoms with Crippen LogP contribution in [0.2, 0.25) is 0 Å². The van der Waals surface area contributed by atoms with E-state index in [4.69, 9.17) is 4.74 Å². The molecule has 0 atom stereocenters. The SMILES string of the molecule is CC(C)(C)OC(=O)n1cnc(C2=CCCc3c2cccc3[N+](=O)[O-])c1. The monoisotopic (exact) mass is 341 g/mol. The first-order valence-corrected chi connectivity index (χ1v) is 8.01. The second-order valence-corrected chi connectivity index (χ2v) is 6.86. The minimum Gasteiger partial charge on any atom is -0.443 e. The van der Waals surface area contributed by atoms with Crippen LogP contribution in [0, 0.1) is 10.1 Å². The molecule has 2 aromatic rings. The van der Waals surface area contributed by atoms with Crippen molar-refractivity contribution < 1.29 is 14.5 Å². The van der Waals surface area contributed by atoms with Gasteiger partial charge in [0, 0.05) is 23.4 Å². The number of rotatable bonds is 2. The smallest absolute Gasteiger partial charge is 0.419 e. The van der Waals surface area contributed by atoms with Crippen molar-refractivity contribution >= 4 is 17.4 Å². The topological polar surface area (TPSA) is 87.3 Å². The maximum absolute atomic E-state index is 12.1. The first-order valence-electron chi connectivity index (χ1n) is 8.01. The van der Waals surface area contributed by atoms with Crippen LogP contribution in [-0.2, 0) is 11.2 Å². The van der Waals surface area contributed by atoms with Crippen LogP contribution in [0.4, 0.5) is 10.5 Å². The molecular weight excluding hydrogens is 322 g/mol. The molecule has 1 aliphatic rings. The highest BCUT2D eigenvalue weighted by atomic mass is 16.6. The van der Waals surface area contributed by atoms with Gasteiger partial charge in [0.05, 0.1) is 10.6 Å². The molecule has 0 fully saturated rings. The van der Waals surface area contributed by atoms with E-state index in [1.165, 1.54) is 17.0 Å². The Kier molecular flexibility index (Phi) is 4.16. The fourth-order valence-electron chi connectivity index (χ4n) is 2.85. The van der Waals surface area contributed by atoms with Crippen molar-refractivity contribution in [3.8, 4) is 0 Å². The summed E-state index contributed by atoms with van der Waals surface area (Å²) in [6.45, 7) is 5.38. The summed E-state index contributed by atoms with van der Waals surface area (Å²) >= 11 is 0. The average molecular weight is 341 g/mol. The Balaban J connectivity index is 1.95. The lowest BCUT2D eigenvalue weighted by Gasteiger charge is -2.19. The number of hydrogen-bond donors (Lipinski definition) is 0. The number of hydrogen-bond acceptors (Lipinski definition) is 5. The summed E-state index contributed by atoms with van der Waals surface area (Å²) in [6, 6.07) is 5.03. The minimum absolute atomic E-state index is 0.120. The second-order valence-electron chi connectivity index (χ2n) is 6.86. The van der Waals surface area contributed by atoms with Gasteiger partial charge >= 0.3 is 6.09 Å². The molecule has 1 aromatic heterocycles. The molecule has 0 amide bonds. The van der Waals surface area contributed by atoms with Gasteiger partial charge in [-0.25, -0.2) is 14.3 Å². The number of fused-ring (bicyclic) bond motifs is 1. The zero-order valence-corrected chi connectivity index (χ0v) is 14.4. The molecule has 3 rings (SSSR count). The van der Waals surface area contributed by atoms with Gasteiger partial charge in [0.15, 0.2) is 0 Å². The molecule has 25 heavy (non-hydrogen) atoms. The van der Waals surface area contributed by atoms with Gasteiger partial charge in [-0.15, -0.1) is 0 Å². The highest BCUT2D eigenvalue weighted by Crippen LogP contribution is 2.35. The zero-order valence-electron chi connectivity index (χ0n) is 14.4. The highest BCUT2D eigenvalue weighted by Gasteiger charge is 2.24. The van der Waals surface area contributed by atoms with Crippen molar-refractivity contribution in [3.05, 3.63) is 63.7 Å². The Labute approximate surface area is 145 Å². The van der Waals surface area contributed by atoms with E-state index in [2.05, 4.69) is 4.98 Å². The van der Waals surface area contributed by atoms with Gasteiger partial charge < -0.3 is 4.74 Å². The Bertz CT molecular complexity index is 875. The van der Waals surface area contributed by atoms with E-state index in [-0.39, 0.29) is 10.6 Å². The quantitative estimate of drug-likeness (QED) is 0.609. The molecule has 0 saturated heterocycles. The molecule has 0 unspecified atom stereocenters. The van der Waals surface area contributed by atoms with E-state index in [0.717, 1.165) is 11.1 Å². The van der Waals surface area contributed by atoms with Gasteiger partial charge in [0.1, 0.15) is 11.9 Å². The van der Waals surface area contributed by atoms with Crippen LogP contribution in [0.25, 0.3) is 5.57 Å².